The third-order valence-electron chi connectivity index (χ3n) is 3.71. The summed E-state index contributed by atoms with van der Waals surface area (Å²) in [5.74, 6) is -15.8. The monoisotopic (exact) mass is 412 g/mol. The second-order valence-electron chi connectivity index (χ2n) is 5.88. The van der Waals surface area contributed by atoms with Gasteiger partial charge in [0.1, 0.15) is 0 Å². The van der Waals surface area contributed by atoms with Crippen LogP contribution in [-0.4, -0.2) is 42.4 Å². The fourth-order valence-electron chi connectivity index (χ4n) is 1.61. The average Bonchev–Trinajstić information content (AvgIpc) is 2.42. The second kappa shape index (κ2) is 7.37. The van der Waals surface area contributed by atoms with Crippen molar-refractivity contribution in [1.82, 2.24) is 0 Å². The summed E-state index contributed by atoms with van der Waals surface area (Å²) in [5.41, 5.74) is -7.49. The van der Waals surface area contributed by atoms with Crippen molar-refractivity contribution in [2.75, 3.05) is 6.61 Å². The van der Waals surface area contributed by atoms with E-state index in [2.05, 4.69) is 4.74 Å². The van der Waals surface area contributed by atoms with E-state index in [-0.39, 0.29) is 5.92 Å². The summed E-state index contributed by atoms with van der Waals surface area (Å²) in [6, 6.07) is 0. The van der Waals surface area contributed by atoms with Crippen molar-refractivity contribution >= 4 is 5.97 Å². The standard InChI is InChI=1S/C13H15F11O2/c1-6(2)7(3)8(25)26-5-4-9(14,15)11(17,18)10(16,12(19,20)21)13(22,23)24/h6-7H,4-5H2,1-3H3. The maximum absolute atomic E-state index is 13.4. The molecule has 0 aromatic heterocycles. The van der Waals surface area contributed by atoms with E-state index in [0.29, 0.717) is 0 Å². The largest absolute Gasteiger partial charge is 0.465 e. The minimum absolute atomic E-state index is 0.376. The molecule has 0 radical (unpaired) electrons. The lowest BCUT2D eigenvalue weighted by Crippen LogP contribution is -2.70. The van der Waals surface area contributed by atoms with Crippen LogP contribution in [0.15, 0.2) is 0 Å². The summed E-state index contributed by atoms with van der Waals surface area (Å²) in [4.78, 5) is 11.3. The average molecular weight is 412 g/mol. The van der Waals surface area contributed by atoms with Crippen LogP contribution in [-0.2, 0) is 9.53 Å². The first kappa shape index (κ1) is 24.7. The molecule has 0 aromatic carbocycles. The van der Waals surface area contributed by atoms with Gasteiger partial charge >= 0.3 is 35.8 Å². The van der Waals surface area contributed by atoms with E-state index in [1.807, 2.05) is 0 Å². The molecule has 0 aliphatic rings. The first-order valence-corrected chi connectivity index (χ1v) is 6.98. The molecular weight excluding hydrogens is 397 g/mol. The third-order valence-corrected chi connectivity index (χ3v) is 3.71. The Morgan fingerprint density at radius 2 is 1.19 bits per heavy atom. The Bertz CT molecular complexity index is 479. The molecule has 26 heavy (non-hydrogen) atoms. The highest BCUT2D eigenvalue weighted by atomic mass is 19.4. The summed E-state index contributed by atoms with van der Waals surface area (Å²) in [7, 11) is 0. The molecule has 0 saturated carbocycles. The summed E-state index contributed by atoms with van der Waals surface area (Å²) in [6.45, 7) is 2.63. The van der Waals surface area contributed by atoms with Crippen LogP contribution in [0, 0.1) is 11.8 Å². The van der Waals surface area contributed by atoms with E-state index < -0.39 is 54.8 Å². The van der Waals surface area contributed by atoms with E-state index in [1.54, 1.807) is 0 Å². The van der Waals surface area contributed by atoms with Gasteiger partial charge in [0.05, 0.1) is 18.9 Å². The van der Waals surface area contributed by atoms with Crippen molar-refractivity contribution in [2.45, 2.75) is 57.1 Å². The highest BCUT2D eigenvalue weighted by molar-refractivity contribution is 5.72. The third kappa shape index (κ3) is 4.33. The summed E-state index contributed by atoms with van der Waals surface area (Å²) >= 11 is 0. The first-order chi connectivity index (χ1) is 11.2. The molecular formula is C13H15F11O2. The second-order valence-corrected chi connectivity index (χ2v) is 5.88. The number of ether oxygens (including phenoxy) is 1. The van der Waals surface area contributed by atoms with E-state index in [0.717, 1.165) is 0 Å². The molecule has 156 valence electrons. The normalized spacial score (nSPS) is 16.0. The summed E-state index contributed by atoms with van der Waals surface area (Å²) in [6.07, 6.45) is -17.2. The lowest BCUT2D eigenvalue weighted by molar-refractivity contribution is -0.427. The molecule has 0 aromatic rings. The molecule has 13 heteroatoms. The van der Waals surface area contributed by atoms with Crippen LogP contribution in [0.4, 0.5) is 48.3 Å². The number of alkyl halides is 11. The van der Waals surface area contributed by atoms with Gasteiger partial charge in [0.25, 0.3) is 0 Å². The van der Waals surface area contributed by atoms with Crippen LogP contribution < -0.4 is 0 Å². The number of hydrogen-bond donors (Lipinski definition) is 0. The minimum atomic E-state index is -7.49. The predicted octanol–water partition coefficient (Wildman–Crippen LogP) is 5.32. The number of halogens is 11. The minimum Gasteiger partial charge on any atom is -0.465 e. The number of hydrogen-bond acceptors (Lipinski definition) is 2. The fourth-order valence-corrected chi connectivity index (χ4v) is 1.61. The van der Waals surface area contributed by atoms with Gasteiger partial charge in [0.2, 0.25) is 0 Å². The Morgan fingerprint density at radius 3 is 1.50 bits per heavy atom. The van der Waals surface area contributed by atoms with E-state index >= 15 is 0 Å². The van der Waals surface area contributed by atoms with Crippen molar-refractivity contribution in [3.05, 3.63) is 0 Å². The van der Waals surface area contributed by atoms with Crippen molar-refractivity contribution in [2.24, 2.45) is 11.8 Å². The van der Waals surface area contributed by atoms with Gasteiger partial charge in [-0.25, -0.2) is 4.39 Å². The van der Waals surface area contributed by atoms with Crippen molar-refractivity contribution < 1.29 is 57.8 Å². The van der Waals surface area contributed by atoms with E-state index in [4.69, 9.17) is 0 Å². The Labute approximate surface area is 140 Å². The van der Waals surface area contributed by atoms with E-state index in [1.165, 1.54) is 20.8 Å². The topological polar surface area (TPSA) is 26.3 Å². The maximum atomic E-state index is 13.4. The molecule has 0 heterocycles. The van der Waals surface area contributed by atoms with Crippen LogP contribution in [0.2, 0.25) is 0 Å². The van der Waals surface area contributed by atoms with E-state index in [9.17, 15) is 53.1 Å². The molecule has 0 aliphatic carbocycles. The molecule has 0 fully saturated rings. The van der Waals surface area contributed by atoms with Crippen LogP contribution in [0.1, 0.15) is 27.2 Å². The van der Waals surface area contributed by atoms with Gasteiger partial charge in [0.15, 0.2) is 0 Å². The zero-order valence-electron chi connectivity index (χ0n) is 13.5. The zero-order chi connectivity index (χ0) is 21.4. The van der Waals surface area contributed by atoms with Gasteiger partial charge in [-0.15, -0.1) is 0 Å². The lowest BCUT2D eigenvalue weighted by Gasteiger charge is -2.39. The highest BCUT2D eigenvalue weighted by Crippen LogP contribution is 2.59. The van der Waals surface area contributed by atoms with Crippen molar-refractivity contribution in [3.8, 4) is 0 Å². The van der Waals surface area contributed by atoms with Gasteiger partial charge < -0.3 is 4.74 Å². The Balaban J connectivity index is 5.51. The maximum Gasteiger partial charge on any atom is 0.438 e. The van der Waals surface area contributed by atoms with Crippen LogP contribution in [0.5, 0.6) is 0 Å². The molecule has 0 aliphatic heterocycles. The van der Waals surface area contributed by atoms with Crippen LogP contribution >= 0.6 is 0 Å². The molecule has 0 rings (SSSR count). The molecule has 0 amide bonds. The quantitative estimate of drug-likeness (QED) is 0.418. The molecule has 1 unspecified atom stereocenters. The van der Waals surface area contributed by atoms with Crippen molar-refractivity contribution in [1.29, 1.82) is 0 Å². The van der Waals surface area contributed by atoms with Gasteiger partial charge in [-0.05, 0) is 5.92 Å². The SMILES string of the molecule is CC(C)C(C)C(=O)OCCC(F)(F)C(F)(F)C(F)(C(F)(F)F)C(F)(F)F. The molecule has 1 atom stereocenters. The van der Waals surface area contributed by atoms with Gasteiger partial charge in [0, 0.05) is 0 Å². The Morgan fingerprint density at radius 1 is 0.808 bits per heavy atom. The Hall–Kier alpha value is -1.30. The lowest BCUT2D eigenvalue weighted by atomic mass is 9.89. The number of esters is 1. The number of rotatable bonds is 7. The Kier molecular flexibility index (Phi) is 7.00. The summed E-state index contributed by atoms with van der Waals surface area (Å²) in [5, 5.41) is 0. The molecule has 0 saturated heterocycles. The molecule has 0 spiro atoms. The first-order valence-electron chi connectivity index (χ1n) is 6.98. The van der Waals surface area contributed by atoms with Crippen LogP contribution in [0.25, 0.3) is 0 Å². The number of carbonyl (C=O) groups is 1. The highest BCUT2D eigenvalue weighted by Gasteiger charge is 2.89. The smallest absolute Gasteiger partial charge is 0.438 e. The van der Waals surface area contributed by atoms with Gasteiger partial charge in [-0.3, -0.25) is 4.79 Å². The van der Waals surface area contributed by atoms with Gasteiger partial charge in [-0.1, -0.05) is 20.8 Å². The fraction of sp³-hybridized carbons (Fsp3) is 0.923. The predicted molar refractivity (Wildman–Crippen MR) is 65.4 cm³/mol. The van der Waals surface area contributed by atoms with Gasteiger partial charge in [-0.2, -0.15) is 43.9 Å². The number of carbonyl (C=O) groups excluding carboxylic acids is 1. The van der Waals surface area contributed by atoms with Crippen molar-refractivity contribution in [3.63, 3.8) is 0 Å². The molecule has 2 nitrogen and oxygen atoms in total. The van der Waals surface area contributed by atoms with Crippen LogP contribution in [0.3, 0.4) is 0 Å². The summed E-state index contributed by atoms with van der Waals surface area (Å²) < 4.78 is 145. The molecule has 0 bridgehead atoms. The molecule has 0 N–H and O–H groups in total. The zero-order valence-corrected chi connectivity index (χ0v) is 13.5.